The van der Waals surface area contributed by atoms with Crippen LogP contribution in [0.1, 0.15) is 29.7 Å². The normalized spacial score (nSPS) is 17.7. The molecule has 3 rings (SSSR count). The van der Waals surface area contributed by atoms with Gasteiger partial charge in [-0.15, -0.1) is 0 Å². The second-order valence-electron chi connectivity index (χ2n) is 8.08. The molecule has 0 aliphatic carbocycles. The summed E-state index contributed by atoms with van der Waals surface area (Å²) in [6.07, 6.45) is 0.864. The SMILES string of the molecule is CCc1ccc(C2/C(=C(\O)c3cc(Cl)c(OC)cc3OC)C(=O)C(=O)N2CCN(C)C)cc1. The maximum atomic E-state index is 13.2. The number of likely N-dealkylation sites (tertiary alicyclic amines) is 1. The molecule has 1 saturated heterocycles. The van der Waals surface area contributed by atoms with Gasteiger partial charge in [-0.25, -0.2) is 0 Å². The quantitative estimate of drug-likeness (QED) is 0.356. The summed E-state index contributed by atoms with van der Waals surface area (Å²) in [7, 11) is 6.70. The molecule has 2 aromatic carbocycles. The summed E-state index contributed by atoms with van der Waals surface area (Å²) in [5.74, 6) is -1.10. The van der Waals surface area contributed by atoms with Crippen LogP contribution in [0.2, 0.25) is 5.02 Å². The number of nitrogens with zero attached hydrogens (tertiary/aromatic N) is 2. The number of Topliss-reactive ketones (excluding diaryl/α,β-unsaturated/α-hetero) is 1. The Kier molecular flexibility index (Phi) is 7.66. The van der Waals surface area contributed by atoms with Gasteiger partial charge < -0.3 is 24.4 Å². The molecule has 2 aromatic rings. The number of hydrogen-bond donors (Lipinski definition) is 1. The number of carbonyl (C=O) groups is 2. The van der Waals surface area contributed by atoms with E-state index in [0.717, 1.165) is 17.5 Å². The third-order valence-electron chi connectivity index (χ3n) is 5.76. The van der Waals surface area contributed by atoms with Crippen molar-refractivity contribution < 1.29 is 24.2 Å². The highest BCUT2D eigenvalue weighted by atomic mass is 35.5. The molecule has 176 valence electrons. The molecule has 1 unspecified atom stereocenters. The lowest BCUT2D eigenvalue weighted by Gasteiger charge is -2.27. The number of amides is 1. The number of ketones is 1. The van der Waals surface area contributed by atoms with E-state index in [0.29, 0.717) is 18.8 Å². The summed E-state index contributed by atoms with van der Waals surface area (Å²) in [6, 6.07) is 9.98. The second-order valence-corrected chi connectivity index (χ2v) is 8.49. The van der Waals surface area contributed by atoms with Crippen molar-refractivity contribution in [3.8, 4) is 11.5 Å². The zero-order valence-electron chi connectivity index (χ0n) is 19.5. The third-order valence-corrected chi connectivity index (χ3v) is 6.06. The fourth-order valence-corrected chi connectivity index (χ4v) is 4.13. The molecule has 1 heterocycles. The number of aryl methyl sites for hydroxylation is 1. The lowest BCUT2D eigenvalue weighted by Crippen LogP contribution is -2.35. The summed E-state index contributed by atoms with van der Waals surface area (Å²) in [4.78, 5) is 29.6. The number of hydrogen-bond acceptors (Lipinski definition) is 6. The first-order valence-corrected chi connectivity index (χ1v) is 11.0. The summed E-state index contributed by atoms with van der Waals surface area (Å²) in [5, 5.41) is 11.6. The lowest BCUT2D eigenvalue weighted by molar-refractivity contribution is -0.140. The maximum absolute atomic E-state index is 13.2. The van der Waals surface area contributed by atoms with Crippen LogP contribution in [0.5, 0.6) is 11.5 Å². The fraction of sp³-hybridized carbons (Fsp3) is 0.360. The number of halogens is 1. The smallest absolute Gasteiger partial charge is 0.295 e. The summed E-state index contributed by atoms with van der Waals surface area (Å²) < 4.78 is 10.6. The summed E-state index contributed by atoms with van der Waals surface area (Å²) in [6.45, 7) is 2.95. The minimum atomic E-state index is -0.746. The average molecular weight is 473 g/mol. The van der Waals surface area contributed by atoms with E-state index in [1.165, 1.54) is 31.3 Å². The molecule has 1 aliphatic heterocycles. The van der Waals surface area contributed by atoms with Gasteiger partial charge in [0.25, 0.3) is 11.7 Å². The molecule has 8 heteroatoms. The van der Waals surface area contributed by atoms with Gasteiger partial charge >= 0.3 is 0 Å². The van der Waals surface area contributed by atoms with E-state index in [-0.39, 0.29) is 27.7 Å². The van der Waals surface area contributed by atoms with Gasteiger partial charge in [-0.05, 0) is 37.7 Å². The molecule has 0 radical (unpaired) electrons. The van der Waals surface area contributed by atoms with Crippen LogP contribution in [-0.4, -0.2) is 68.0 Å². The number of methoxy groups -OCH3 is 2. The molecule has 0 spiro atoms. The number of ether oxygens (including phenoxy) is 2. The van der Waals surface area contributed by atoms with Crippen LogP contribution in [0.15, 0.2) is 42.0 Å². The second kappa shape index (κ2) is 10.3. The minimum Gasteiger partial charge on any atom is -0.507 e. The Hall–Kier alpha value is -3.03. The molecule has 7 nitrogen and oxygen atoms in total. The van der Waals surface area contributed by atoms with Crippen LogP contribution in [0, 0.1) is 0 Å². The van der Waals surface area contributed by atoms with Gasteiger partial charge in [0.05, 0.1) is 36.4 Å². The molecule has 1 amide bonds. The Morgan fingerprint density at radius 3 is 2.27 bits per heavy atom. The van der Waals surface area contributed by atoms with Crippen LogP contribution in [0.25, 0.3) is 5.76 Å². The van der Waals surface area contributed by atoms with Gasteiger partial charge in [0.2, 0.25) is 0 Å². The zero-order valence-corrected chi connectivity index (χ0v) is 20.3. The van der Waals surface area contributed by atoms with Crippen molar-refractivity contribution >= 4 is 29.1 Å². The molecule has 1 fully saturated rings. The third kappa shape index (κ3) is 4.84. The molecule has 0 aromatic heterocycles. The molecular formula is C25H29ClN2O5. The van der Waals surface area contributed by atoms with E-state index in [4.69, 9.17) is 21.1 Å². The standard InChI is InChI=1S/C25H29ClN2O5/c1-6-15-7-9-16(10-8-15)22-21(24(30)25(31)28(22)12-11-27(2)3)23(29)17-13-18(26)20(33-5)14-19(17)32-4/h7-10,13-14,22,29H,6,11-12H2,1-5H3/b23-21+. The Morgan fingerprint density at radius 2 is 1.73 bits per heavy atom. The Morgan fingerprint density at radius 1 is 1.09 bits per heavy atom. The predicted octanol–water partition coefficient (Wildman–Crippen LogP) is 3.90. The number of rotatable bonds is 8. The molecule has 1 aliphatic rings. The average Bonchev–Trinajstić information content (AvgIpc) is 3.06. The topological polar surface area (TPSA) is 79.3 Å². The number of aliphatic hydroxyl groups excluding tert-OH is 1. The summed E-state index contributed by atoms with van der Waals surface area (Å²) in [5.41, 5.74) is 2.09. The minimum absolute atomic E-state index is 0.00235. The van der Waals surface area contributed by atoms with E-state index >= 15 is 0 Å². The van der Waals surface area contributed by atoms with Crippen LogP contribution < -0.4 is 9.47 Å². The van der Waals surface area contributed by atoms with Crippen LogP contribution >= 0.6 is 11.6 Å². The molecule has 0 bridgehead atoms. The highest BCUT2D eigenvalue weighted by Gasteiger charge is 2.46. The van der Waals surface area contributed by atoms with Gasteiger partial charge in [-0.3, -0.25) is 9.59 Å². The Labute approximate surface area is 199 Å². The number of carbonyl (C=O) groups excluding carboxylic acids is 2. The van der Waals surface area contributed by atoms with Crippen molar-refractivity contribution in [2.75, 3.05) is 41.4 Å². The van der Waals surface area contributed by atoms with Gasteiger partial charge in [0, 0.05) is 19.2 Å². The highest BCUT2D eigenvalue weighted by molar-refractivity contribution is 6.46. The maximum Gasteiger partial charge on any atom is 0.295 e. The molecular weight excluding hydrogens is 444 g/mol. The number of likely N-dealkylation sites (N-methyl/N-ethyl adjacent to an activating group) is 1. The first-order chi connectivity index (χ1) is 15.7. The largest absolute Gasteiger partial charge is 0.507 e. The van der Waals surface area contributed by atoms with Crippen molar-refractivity contribution in [2.24, 2.45) is 0 Å². The van der Waals surface area contributed by atoms with Gasteiger partial charge in [-0.1, -0.05) is 42.8 Å². The van der Waals surface area contributed by atoms with Crippen LogP contribution in [-0.2, 0) is 16.0 Å². The fourth-order valence-electron chi connectivity index (χ4n) is 3.89. The number of aliphatic hydroxyl groups is 1. The molecule has 33 heavy (non-hydrogen) atoms. The summed E-state index contributed by atoms with van der Waals surface area (Å²) >= 11 is 6.29. The van der Waals surface area contributed by atoms with E-state index < -0.39 is 17.7 Å². The van der Waals surface area contributed by atoms with Crippen molar-refractivity contribution in [1.82, 2.24) is 9.80 Å². The lowest BCUT2D eigenvalue weighted by atomic mass is 9.94. The molecule has 0 saturated carbocycles. The van der Waals surface area contributed by atoms with Crippen LogP contribution in [0.4, 0.5) is 0 Å². The molecule has 1 N–H and O–H groups in total. The van der Waals surface area contributed by atoms with Crippen molar-refractivity contribution in [3.05, 3.63) is 63.7 Å². The van der Waals surface area contributed by atoms with E-state index in [1.54, 1.807) is 0 Å². The Balaban J connectivity index is 2.21. The van der Waals surface area contributed by atoms with E-state index in [1.807, 2.05) is 43.3 Å². The predicted molar refractivity (Wildman–Crippen MR) is 128 cm³/mol. The first kappa shape index (κ1) is 24.6. The highest BCUT2D eigenvalue weighted by Crippen LogP contribution is 2.43. The van der Waals surface area contributed by atoms with Gasteiger partial charge in [0.1, 0.15) is 17.3 Å². The van der Waals surface area contributed by atoms with E-state index in [2.05, 4.69) is 6.92 Å². The Bertz CT molecular complexity index is 1080. The molecule has 1 atom stereocenters. The van der Waals surface area contributed by atoms with Gasteiger partial charge in [0.15, 0.2) is 0 Å². The van der Waals surface area contributed by atoms with Crippen molar-refractivity contribution in [1.29, 1.82) is 0 Å². The number of benzene rings is 2. The van der Waals surface area contributed by atoms with E-state index in [9.17, 15) is 14.7 Å². The monoisotopic (exact) mass is 472 g/mol. The first-order valence-electron chi connectivity index (χ1n) is 10.7. The van der Waals surface area contributed by atoms with Crippen molar-refractivity contribution in [3.63, 3.8) is 0 Å². The zero-order chi connectivity index (χ0) is 24.3. The van der Waals surface area contributed by atoms with Crippen molar-refractivity contribution in [2.45, 2.75) is 19.4 Å². The van der Waals surface area contributed by atoms with Gasteiger partial charge in [-0.2, -0.15) is 0 Å². The van der Waals surface area contributed by atoms with Crippen LogP contribution in [0.3, 0.4) is 0 Å².